The summed E-state index contributed by atoms with van der Waals surface area (Å²) in [7, 11) is 0. The number of nitrogens with zero attached hydrogens (tertiary/aromatic N) is 4. The Hall–Kier alpha value is -1.19. The van der Waals surface area contributed by atoms with Crippen molar-refractivity contribution >= 4 is 34.9 Å². The van der Waals surface area contributed by atoms with Crippen LogP contribution < -0.4 is 5.32 Å². The van der Waals surface area contributed by atoms with Gasteiger partial charge in [0.25, 0.3) is 0 Å². The van der Waals surface area contributed by atoms with Crippen LogP contribution in [0.1, 0.15) is 25.8 Å². The van der Waals surface area contributed by atoms with Crippen LogP contribution in [-0.4, -0.2) is 75.8 Å². The van der Waals surface area contributed by atoms with Gasteiger partial charge in [-0.05, 0) is 27.7 Å². The third-order valence-corrected chi connectivity index (χ3v) is 5.39. The Morgan fingerprint density at radius 3 is 2.42 bits per heavy atom. The number of hydrogen-bond donors (Lipinski definition) is 1. The molecule has 7 nitrogen and oxygen atoms in total. The van der Waals surface area contributed by atoms with Gasteiger partial charge in [0.15, 0.2) is 4.34 Å². The Balaban J connectivity index is 1.70. The van der Waals surface area contributed by atoms with E-state index in [9.17, 15) is 9.59 Å². The molecule has 1 saturated heterocycles. The number of aromatic nitrogens is 2. The summed E-state index contributed by atoms with van der Waals surface area (Å²) in [4.78, 5) is 28.2. The van der Waals surface area contributed by atoms with E-state index < -0.39 is 0 Å². The van der Waals surface area contributed by atoms with Crippen molar-refractivity contribution in [1.82, 2.24) is 25.3 Å². The lowest BCUT2D eigenvalue weighted by atomic mass is 10.1. The molecule has 2 heterocycles. The molecule has 0 unspecified atom stereocenters. The molecule has 2 amide bonds. The lowest BCUT2D eigenvalue weighted by molar-refractivity contribution is -0.130. The fraction of sp³-hybridized carbons (Fsp3) is 0.733. The van der Waals surface area contributed by atoms with E-state index in [0.717, 1.165) is 22.4 Å². The highest BCUT2D eigenvalue weighted by atomic mass is 32.2. The van der Waals surface area contributed by atoms with Crippen molar-refractivity contribution in [2.75, 3.05) is 38.5 Å². The average Bonchev–Trinajstić information content (AvgIpc) is 2.89. The zero-order valence-corrected chi connectivity index (χ0v) is 16.3. The molecule has 0 spiro atoms. The first kappa shape index (κ1) is 19.1. The highest BCUT2D eigenvalue weighted by Crippen LogP contribution is 2.22. The Kier molecular flexibility index (Phi) is 6.59. The molecule has 1 N–H and O–H groups in total. The summed E-state index contributed by atoms with van der Waals surface area (Å²) in [5.74, 6) is 0.537. The number of aryl methyl sites for hydroxylation is 1. The largest absolute Gasteiger partial charge is 0.350 e. The average molecular weight is 372 g/mol. The van der Waals surface area contributed by atoms with E-state index >= 15 is 0 Å². The molecular weight excluding hydrogens is 346 g/mol. The zero-order chi connectivity index (χ0) is 17.7. The van der Waals surface area contributed by atoms with Crippen molar-refractivity contribution in [2.24, 2.45) is 0 Å². The molecule has 24 heavy (non-hydrogen) atoms. The molecule has 1 aliphatic rings. The lowest BCUT2D eigenvalue weighted by Crippen LogP contribution is -2.53. The van der Waals surface area contributed by atoms with E-state index in [2.05, 4.69) is 20.4 Å². The van der Waals surface area contributed by atoms with Crippen molar-refractivity contribution in [1.29, 1.82) is 0 Å². The van der Waals surface area contributed by atoms with Crippen molar-refractivity contribution < 1.29 is 9.59 Å². The monoisotopic (exact) mass is 371 g/mol. The first-order valence-electron chi connectivity index (χ1n) is 7.97. The third kappa shape index (κ3) is 6.37. The summed E-state index contributed by atoms with van der Waals surface area (Å²) in [5, 5.41) is 11.8. The molecule has 0 aliphatic carbocycles. The highest BCUT2D eigenvalue weighted by molar-refractivity contribution is 8.01. The quantitative estimate of drug-likeness (QED) is 0.778. The Labute approximate surface area is 151 Å². The van der Waals surface area contributed by atoms with Gasteiger partial charge >= 0.3 is 0 Å². The van der Waals surface area contributed by atoms with Crippen molar-refractivity contribution in [3.05, 3.63) is 5.01 Å². The van der Waals surface area contributed by atoms with Gasteiger partial charge in [-0.25, -0.2) is 0 Å². The normalized spacial score (nSPS) is 16.2. The molecule has 0 radical (unpaired) electrons. The molecule has 0 aromatic carbocycles. The van der Waals surface area contributed by atoms with Crippen LogP contribution in [-0.2, 0) is 9.59 Å². The molecule has 1 fully saturated rings. The van der Waals surface area contributed by atoms with Gasteiger partial charge in [0.1, 0.15) is 5.01 Å². The third-order valence-electron chi connectivity index (χ3n) is 3.43. The van der Waals surface area contributed by atoms with Gasteiger partial charge in [-0.2, -0.15) is 0 Å². The van der Waals surface area contributed by atoms with E-state index in [0.29, 0.717) is 25.4 Å². The number of piperazine rings is 1. The van der Waals surface area contributed by atoms with E-state index in [-0.39, 0.29) is 17.4 Å². The Bertz CT molecular complexity index is 577. The summed E-state index contributed by atoms with van der Waals surface area (Å²) in [6.45, 7) is 11.0. The van der Waals surface area contributed by atoms with Gasteiger partial charge in [0.2, 0.25) is 11.8 Å². The first-order valence-corrected chi connectivity index (χ1v) is 9.77. The summed E-state index contributed by atoms with van der Waals surface area (Å²) < 4.78 is 0.832. The maximum Gasteiger partial charge on any atom is 0.234 e. The minimum Gasteiger partial charge on any atom is -0.350 e. The zero-order valence-electron chi connectivity index (χ0n) is 14.7. The number of thioether (sulfide) groups is 1. The second kappa shape index (κ2) is 8.26. The van der Waals surface area contributed by atoms with Gasteiger partial charge < -0.3 is 10.2 Å². The summed E-state index contributed by atoms with van der Waals surface area (Å²) >= 11 is 2.94. The minimum absolute atomic E-state index is 0.0319. The van der Waals surface area contributed by atoms with E-state index in [4.69, 9.17) is 0 Å². The minimum atomic E-state index is -0.213. The molecule has 0 bridgehead atoms. The van der Waals surface area contributed by atoms with Crippen LogP contribution in [0.5, 0.6) is 0 Å². The SMILES string of the molecule is Cc1nnc(SCC(=O)N2CCN(CC(=O)NC(C)(C)C)CC2)s1. The Morgan fingerprint density at radius 2 is 1.88 bits per heavy atom. The number of carbonyl (C=O) groups excluding carboxylic acids is 2. The maximum absolute atomic E-state index is 12.3. The maximum atomic E-state index is 12.3. The second-order valence-corrected chi connectivity index (χ2v) is 9.23. The Morgan fingerprint density at radius 1 is 1.21 bits per heavy atom. The summed E-state index contributed by atoms with van der Waals surface area (Å²) in [6.07, 6.45) is 0. The van der Waals surface area contributed by atoms with Crippen LogP contribution in [0.25, 0.3) is 0 Å². The van der Waals surface area contributed by atoms with Crippen molar-refractivity contribution in [3.63, 3.8) is 0 Å². The fourth-order valence-electron chi connectivity index (χ4n) is 2.37. The molecule has 1 aromatic heterocycles. The topological polar surface area (TPSA) is 78.4 Å². The number of hydrogen-bond acceptors (Lipinski definition) is 7. The predicted molar refractivity (Wildman–Crippen MR) is 96.3 cm³/mol. The van der Waals surface area contributed by atoms with Gasteiger partial charge in [-0.3, -0.25) is 14.5 Å². The number of nitrogens with one attached hydrogen (secondary N) is 1. The smallest absolute Gasteiger partial charge is 0.234 e. The van der Waals surface area contributed by atoms with Gasteiger partial charge in [0.05, 0.1) is 12.3 Å². The summed E-state index contributed by atoms with van der Waals surface area (Å²) in [6, 6.07) is 0. The summed E-state index contributed by atoms with van der Waals surface area (Å²) in [5.41, 5.74) is -0.213. The highest BCUT2D eigenvalue weighted by Gasteiger charge is 2.23. The lowest BCUT2D eigenvalue weighted by Gasteiger charge is -2.34. The predicted octanol–water partition coefficient (Wildman–Crippen LogP) is 0.998. The molecule has 0 saturated carbocycles. The van der Waals surface area contributed by atoms with Crippen LogP contribution in [0.15, 0.2) is 4.34 Å². The fourth-order valence-corrected chi connectivity index (χ4v) is 4.09. The van der Waals surface area contributed by atoms with E-state index in [1.54, 1.807) is 0 Å². The molecule has 1 aromatic rings. The van der Waals surface area contributed by atoms with Gasteiger partial charge in [-0.1, -0.05) is 23.1 Å². The second-order valence-electron chi connectivity index (χ2n) is 6.83. The van der Waals surface area contributed by atoms with Crippen LogP contribution in [0.2, 0.25) is 0 Å². The van der Waals surface area contributed by atoms with Crippen molar-refractivity contribution in [3.8, 4) is 0 Å². The number of rotatable bonds is 5. The number of carbonyl (C=O) groups is 2. The standard InChI is InChI=1S/C15H25N5O2S2/c1-11-17-18-14(24-11)23-10-13(22)20-7-5-19(6-8-20)9-12(21)16-15(2,3)4/h5-10H2,1-4H3,(H,16,21). The number of amides is 2. The van der Waals surface area contributed by atoms with Crippen LogP contribution >= 0.6 is 23.1 Å². The van der Waals surface area contributed by atoms with Crippen molar-refractivity contribution in [2.45, 2.75) is 37.6 Å². The van der Waals surface area contributed by atoms with Crippen LogP contribution in [0, 0.1) is 6.92 Å². The van der Waals surface area contributed by atoms with Crippen LogP contribution in [0.4, 0.5) is 0 Å². The molecule has 9 heteroatoms. The van der Waals surface area contributed by atoms with Crippen LogP contribution in [0.3, 0.4) is 0 Å². The van der Waals surface area contributed by atoms with E-state index in [1.165, 1.54) is 23.1 Å². The molecular formula is C15H25N5O2S2. The molecule has 134 valence electrons. The van der Waals surface area contributed by atoms with E-state index in [1.807, 2.05) is 32.6 Å². The van der Waals surface area contributed by atoms with Gasteiger partial charge in [0, 0.05) is 31.7 Å². The molecule has 1 aliphatic heterocycles. The first-order chi connectivity index (χ1) is 11.2. The van der Waals surface area contributed by atoms with Gasteiger partial charge in [-0.15, -0.1) is 10.2 Å². The molecule has 0 atom stereocenters. The molecule has 2 rings (SSSR count).